The lowest BCUT2D eigenvalue weighted by Gasteiger charge is -1.98. The number of aryl methyl sites for hydroxylation is 2. The van der Waals surface area contributed by atoms with Crippen LogP contribution in [0.15, 0.2) is 24.3 Å². The highest BCUT2D eigenvalue weighted by atomic mass is 35.5. The van der Waals surface area contributed by atoms with Gasteiger partial charge in [-0.15, -0.1) is 5.10 Å². The van der Waals surface area contributed by atoms with Gasteiger partial charge < -0.3 is 5.73 Å². The highest BCUT2D eigenvalue weighted by Gasteiger charge is 2.00. The number of hydrogen-bond acceptors (Lipinski definition) is 3. The first-order valence-electron chi connectivity index (χ1n) is 4.65. The molecule has 3 N–H and O–H groups in total. The van der Waals surface area contributed by atoms with Gasteiger partial charge >= 0.3 is 0 Å². The van der Waals surface area contributed by atoms with E-state index in [0.29, 0.717) is 5.95 Å². The Bertz CT molecular complexity index is 435. The second-order valence-electron chi connectivity index (χ2n) is 3.27. The summed E-state index contributed by atoms with van der Waals surface area (Å²) in [4.78, 5) is 4.03. The molecule has 78 valence electrons. The van der Waals surface area contributed by atoms with Gasteiger partial charge in [0.25, 0.3) is 0 Å². The Hall–Kier alpha value is -1.55. The third-order valence-corrected chi connectivity index (χ3v) is 2.36. The van der Waals surface area contributed by atoms with Gasteiger partial charge in [-0.2, -0.15) is 4.98 Å². The number of aromatic amines is 1. The number of nitrogens with two attached hydrogens (primary N) is 1. The molecule has 4 nitrogen and oxygen atoms in total. The van der Waals surface area contributed by atoms with Crippen LogP contribution >= 0.6 is 11.6 Å². The van der Waals surface area contributed by atoms with Crippen molar-refractivity contribution in [1.29, 1.82) is 0 Å². The fraction of sp³-hybridized carbons (Fsp3) is 0.200. The summed E-state index contributed by atoms with van der Waals surface area (Å²) < 4.78 is 0. The molecule has 1 aromatic carbocycles. The van der Waals surface area contributed by atoms with Crippen molar-refractivity contribution in [3.05, 3.63) is 40.7 Å². The summed E-state index contributed by atoms with van der Waals surface area (Å²) in [5, 5.41) is 7.29. The van der Waals surface area contributed by atoms with Gasteiger partial charge in [-0.25, -0.2) is 0 Å². The van der Waals surface area contributed by atoms with E-state index < -0.39 is 0 Å². The minimum absolute atomic E-state index is 0.293. The van der Waals surface area contributed by atoms with E-state index in [0.717, 1.165) is 23.7 Å². The molecule has 2 rings (SSSR count). The van der Waals surface area contributed by atoms with Crippen LogP contribution in [0, 0.1) is 0 Å². The molecule has 2 aromatic rings. The fourth-order valence-electron chi connectivity index (χ4n) is 1.34. The van der Waals surface area contributed by atoms with Gasteiger partial charge in [0, 0.05) is 11.4 Å². The predicted molar refractivity (Wildman–Crippen MR) is 59.7 cm³/mol. The maximum Gasteiger partial charge on any atom is 0.239 e. The lowest BCUT2D eigenvalue weighted by atomic mass is 10.1. The van der Waals surface area contributed by atoms with Crippen molar-refractivity contribution in [3.63, 3.8) is 0 Å². The molecule has 15 heavy (non-hydrogen) atoms. The van der Waals surface area contributed by atoms with Crippen molar-refractivity contribution in [3.8, 4) is 0 Å². The van der Waals surface area contributed by atoms with Crippen LogP contribution < -0.4 is 5.73 Å². The molecule has 0 amide bonds. The first-order chi connectivity index (χ1) is 7.24. The number of nitrogens with zero attached hydrogens (tertiary/aromatic N) is 2. The van der Waals surface area contributed by atoms with Crippen molar-refractivity contribution in [2.24, 2.45) is 0 Å². The number of hydrogen-bond donors (Lipinski definition) is 2. The summed E-state index contributed by atoms with van der Waals surface area (Å²) in [5.74, 6) is 1.10. The third-order valence-electron chi connectivity index (χ3n) is 2.11. The highest BCUT2D eigenvalue weighted by molar-refractivity contribution is 6.30. The normalized spacial score (nSPS) is 10.5. The number of benzene rings is 1. The Labute approximate surface area is 92.5 Å². The molecule has 0 aliphatic carbocycles. The van der Waals surface area contributed by atoms with E-state index >= 15 is 0 Å². The van der Waals surface area contributed by atoms with E-state index in [1.165, 1.54) is 5.56 Å². The number of rotatable bonds is 3. The average Bonchev–Trinajstić information content (AvgIpc) is 2.64. The van der Waals surface area contributed by atoms with Crippen LogP contribution in [0.4, 0.5) is 5.95 Å². The molecule has 0 radical (unpaired) electrons. The zero-order valence-electron chi connectivity index (χ0n) is 8.07. The zero-order valence-corrected chi connectivity index (χ0v) is 8.83. The Morgan fingerprint density at radius 2 is 1.93 bits per heavy atom. The number of aromatic nitrogens is 3. The van der Waals surface area contributed by atoms with Gasteiger partial charge in [0.2, 0.25) is 5.95 Å². The Balaban J connectivity index is 1.96. The molecule has 0 bridgehead atoms. The van der Waals surface area contributed by atoms with Crippen molar-refractivity contribution >= 4 is 17.5 Å². The van der Waals surface area contributed by atoms with Crippen LogP contribution in [0.2, 0.25) is 5.02 Å². The second kappa shape index (κ2) is 4.31. The van der Waals surface area contributed by atoms with E-state index in [1.54, 1.807) is 0 Å². The summed E-state index contributed by atoms with van der Waals surface area (Å²) >= 11 is 5.79. The standard InChI is InChI=1S/C10H11ClN4/c11-8-4-1-7(2-5-8)3-6-9-13-10(12)15-14-9/h1-2,4-5H,3,6H2,(H3,12,13,14,15). The molecule has 0 atom stereocenters. The Morgan fingerprint density at radius 1 is 1.20 bits per heavy atom. The third kappa shape index (κ3) is 2.70. The second-order valence-corrected chi connectivity index (χ2v) is 3.70. The largest absolute Gasteiger partial charge is 0.367 e. The van der Waals surface area contributed by atoms with Gasteiger partial charge in [-0.3, -0.25) is 5.10 Å². The topological polar surface area (TPSA) is 67.6 Å². The van der Waals surface area contributed by atoms with Gasteiger partial charge in [-0.1, -0.05) is 23.7 Å². The molecular weight excluding hydrogens is 212 g/mol. The molecular formula is C10H11ClN4. The van der Waals surface area contributed by atoms with E-state index in [2.05, 4.69) is 15.2 Å². The predicted octanol–water partition coefficient (Wildman–Crippen LogP) is 1.83. The van der Waals surface area contributed by atoms with E-state index in [1.807, 2.05) is 24.3 Å². The molecule has 0 unspecified atom stereocenters. The Kier molecular flexibility index (Phi) is 2.87. The number of halogens is 1. The number of anilines is 1. The molecule has 0 spiro atoms. The molecule has 1 aromatic heterocycles. The lowest BCUT2D eigenvalue weighted by molar-refractivity contribution is 0.865. The zero-order chi connectivity index (χ0) is 10.7. The average molecular weight is 223 g/mol. The monoisotopic (exact) mass is 222 g/mol. The maximum absolute atomic E-state index is 5.79. The molecule has 0 aliphatic heterocycles. The van der Waals surface area contributed by atoms with E-state index in [4.69, 9.17) is 17.3 Å². The van der Waals surface area contributed by atoms with Crippen molar-refractivity contribution < 1.29 is 0 Å². The lowest BCUT2D eigenvalue weighted by Crippen LogP contribution is -1.93. The van der Waals surface area contributed by atoms with Crippen LogP contribution in [0.5, 0.6) is 0 Å². The summed E-state index contributed by atoms with van der Waals surface area (Å²) in [7, 11) is 0. The van der Waals surface area contributed by atoms with E-state index in [9.17, 15) is 0 Å². The van der Waals surface area contributed by atoms with Gasteiger partial charge in [0.05, 0.1) is 0 Å². The van der Waals surface area contributed by atoms with E-state index in [-0.39, 0.29) is 0 Å². The first kappa shape index (κ1) is 9.98. The van der Waals surface area contributed by atoms with Crippen LogP contribution in [-0.2, 0) is 12.8 Å². The van der Waals surface area contributed by atoms with Crippen molar-refractivity contribution in [1.82, 2.24) is 15.2 Å². The molecule has 0 fully saturated rings. The quantitative estimate of drug-likeness (QED) is 0.833. The number of H-pyrrole nitrogens is 1. The first-order valence-corrected chi connectivity index (χ1v) is 5.03. The fourth-order valence-corrected chi connectivity index (χ4v) is 1.46. The molecule has 0 saturated heterocycles. The summed E-state index contributed by atoms with van der Waals surface area (Å²) in [6.45, 7) is 0. The van der Waals surface area contributed by atoms with Crippen molar-refractivity contribution in [2.75, 3.05) is 5.73 Å². The molecule has 0 saturated carbocycles. The van der Waals surface area contributed by atoms with Crippen molar-refractivity contribution in [2.45, 2.75) is 12.8 Å². The number of nitrogens with one attached hydrogen (secondary N) is 1. The maximum atomic E-state index is 5.79. The van der Waals surface area contributed by atoms with Crippen LogP contribution in [-0.4, -0.2) is 15.2 Å². The minimum Gasteiger partial charge on any atom is -0.367 e. The van der Waals surface area contributed by atoms with Crippen LogP contribution in [0.3, 0.4) is 0 Å². The van der Waals surface area contributed by atoms with Gasteiger partial charge in [-0.05, 0) is 24.1 Å². The van der Waals surface area contributed by atoms with Gasteiger partial charge in [0.15, 0.2) is 0 Å². The highest BCUT2D eigenvalue weighted by Crippen LogP contribution is 2.11. The number of nitrogen functional groups attached to an aromatic ring is 1. The summed E-state index contributed by atoms with van der Waals surface area (Å²) in [6.07, 6.45) is 1.69. The molecule has 0 aliphatic rings. The van der Waals surface area contributed by atoms with Crippen LogP contribution in [0.25, 0.3) is 0 Å². The Morgan fingerprint density at radius 3 is 2.53 bits per heavy atom. The summed E-state index contributed by atoms with van der Waals surface area (Å²) in [5.41, 5.74) is 6.61. The molecule has 1 heterocycles. The molecule has 5 heteroatoms. The smallest absolute Gasteiger partial charge is 0.239 e. The minimum atomic E-state index is 0.293. The van der Waals surface area contributed by atoms with Gasteiger partial charge in [0.1, 0.15) is 5.82 Å². The SMILES string of the molecule is Nc1n[nH]c(CCc2ccc(Cl)cc2)n1. The summed E-state index contributed by atoms with van der Waals surface area (Å²) in [6, 6.07) is 7.77. The van der Waals surface area contributed by atoms with Crippen LogP contribution in [0.1, 0.15) is 11.4 Å².